The maximum atomic E-state index is 12.7. The maximum absolute atomic E-state index is 12.7. The standard InChI is InChI=1S/C30H29N7O2S/c1-20-10-12-23(13-11-20)29-33-34-30(36(29)24-14-16-26(39-4)17-15-24)40-19-28(38)32-31-18-27-21(2)35-37(22(27)3)25-8-6-5-7-9-25/h5-18H,19H2,1-4H3,(H,32,38)/b31-18+. The molecule has 40 heavy (non-hydrogen) atoms. The SMILES string of the molecule is COc1ccc(-n2c(SCC(=O)N/N=C/c3c(C)nn(-c4ccccc4)c3C)nnc2-c2ccc(C)cc2)cc1. The van der Waals surface area contributed by atoms with Crippen molar-refractivity contribution in [2.24, 2.45) is 5.10 Å². The van der Waals surface area contributed by atoms with Gasteiger partial charge in [0.1, 0.15) is 5.75 Å². The Balaban J connectivity index is 1.31. The second-order valence-corrected chi connectivity index (χ2v) is 10.1. The molecule has 0 aliphatic rings. The van der Waals surface area contributed by atoms with E-state index in [1.54, 1.807) is 13.3 Å². The van der Waals surface area contributed by atoms with Crippen LogP contribution in [0.3, 0.4) is 0 Å². The Bertz CT molecular complexity index is 1640. The van der Waals surface area contributed by atoms with Gasteiger partial charge in [-0.1, -0.05) is 59.8 Å². The molecule has 0 saturated carbocycles. The lowest BCUT2D eigenvalue weighted by Crippen LogP contribution is -2.20. The highest BCUT2D eigenvalue weighted by Gasteiger charge is 2.18. The van der Waals surface area contributed by atoms with E-state index >= 15 is 0 Å². The summed E-state index contributed by atoms with van der Waals surface area (Å²) in [6.07, 6.45) is 1.63. The first kappa shape index (κ1) is 26.9. The molecule has 0 radical (unpaired) electrons. The highest BCUT2D eigenvalue weighted by atomic mass is 32.2. The summed E-state index contributed by atoms with van der Waals surface area (Å²) in [5.41, 5.74) is 9.16. The number of nitrogens with one attached hydrogen (secondary N) is 1. The summed E-state index contributed by atoms with van der Waals surface area (Å²) in [5, 5.41) is 18.3. The van der Waals surface area contributed by atoms with E-state index in [4.69, 9.17) is 4.74 Å². The van der Waals surface area contributed by atoms with Crippen LogP contribution in [0.5, 0.6) is 5.75 Å². The number of nitrogens with zero attached hydrogens (tertiary/aromatic N) is 6. The summed E-state index contributed by atoms with van der Waals surface area (Å²) >= 11 is 1.29. The predicted octanol–water partition coefficient (Wildman–Crippen LogP) is 5.30. The Kier molecular flexibility index (Phi) is 8.07. The fourth-order valence-corrected chi connectivity index (χ4v) is 4.95. The maximum Gasteiger partial charge on any atom is 0.250 e. The number of amides is 1. The molecule has 10 heteroatoms. The minimum Gasteiger partial charge on any atom is -0.497 e. The van der Waals surface area contributed by atoms with Gasteiger partial charge in [0.15, 0.2) is 11.0 Å². The Labute approximate surface area is 236 Å². The Morgan fingerprint density at radius 2 is 1.68 bits per heavy atom. The largest absolute Gasteiger partial charge is 0.497 e. The number of hydrogen-bond acceptors (Lipinski definition) is 7. The Morgan fingerprint density at radius 1 is 0.950 bits per heavy atom. The molecule has 2 heterocycles. The molecule has 0 unspecified atom stereocenters. The number of rotatable bonds is 9. The number of para-hydroxylation sites is 1. The molecule has 0 bridgehead atoms. The van der Waals surface area contributed by atoms with Crippen LogP contribution < -0.4 is 10.2 Å². The van der Waals surface area contributed by atoms with Gasteiger partial charge in [0.2, 0.25) is 0 Å². The fourth-order valence-electron chi connectivity index (χ4n) is 4.21. The molecule has 0 spiro atoms. The minimum atomic E-state index is -0.256. The molecule has 0 aliphatic heterocycles. The van der Waals surface area contributed by atoms with Crippen molar-refractivity contribution in [3.63, 3.8) is 0 Å². The molecule has 0 aliphatic carbocycles. The molecular weight excluding hydrogens is 522 g/mol. The molecular formula is C30H29N7O2S. The van der Waals surface area contributed by atoms with Gasteiger partial charge in [-0.05, 0) is 57.2 Å². The van der Waals surface area contributed by atoms with Crippen LogP contribution in [-0.4, -0.2) is 49.5 Å². The molecule has 2 aromatic heterocycles. The third-order valence-electron chi connectivity index (χ3n) is 6.34. The van der Waals surface area contributed by atoms with E-state index in [1.807, 2.05) is 109 Å². The van der Waals surface area contributed by atoms with Crippen molar-refractivity contribution >= 4 is 23.9 Å². The summed E-state index contributed by atoms with van der Waals surface area (Å²) in [5.74, 6) is 1.29. The highest BCUT2D eigenvalue weighted by molar-refractivity contribution is 7.99. The lowest BCUT2D eigenvalue weighted by atomic mass is 10.1. The van der Waals surface area contributed by atoms with Gasteiger partial charge in [-0.25, -0.2) is 10.1 Å². The first-order valence-corrected chi connectivity index (χ1v) is 13.7. The van der Waals surface area contributed by atoms with Crippen molar-refractivity contribution in [1.82, 2.24) is 30.0 Å². The lowest BCUT2D eigenvalue weighted by Gasteiger charge is -2.11. The van der Waals surface area contributed by atoms with E-state index in [2.05, 4.69) is 25.8 Å². The summed E-state index contributed by atoms with van der Waals surface area (Å²) in [6.45, 7) is 5.94. The van der Waals surface area contributed by atoms with E-state index in [9.17, 15) is 4.79 Å². The number of carbonyl (C=O) groups excluding carboxylic acids is 1. The van der Waals surface area contributed by atoms with Crippen molar-refractivity contribution in [2.75, 3.05) is 12.9 Å². The van der Waals surface area contributed by atoms with Crippen LogP contribution in [0.25, 0.3) is 22.8 Å². The fraction of sp³-hybridized carbons (Fsp3) is 0.167. The van der Waals surface area contributed by atoms with Gasteiger partial charge in [0, 0.05) is 16.8 Å². The van der Waals surface area contributed by atoms with Gasteiger partial charge in [-0.3, -0.25) is 9.36 Å². The normalized spacial score (nSPS) is 11.2. The van der Waals surface area contributed by atoms with Crippen molar-refractivity contribution < 1.29 is 9.53 Å². The van der Waals surface area contributed by atoms with Gasteiger partial charge in [0.05, 0.1) is 36.2 Å². The number of hydrogen-bond donors (Lipinski definition) is 1. The third-order valence-corrected chi connectivity index (χ3v) is 7.27. The second-order valence-electron chi connectivity index (χ2n) is 9.12. The average Bonchev–Trinajstić information content (AvgIpc) is 3.53. The van der Waals surface area contributed by atoms with Crippen LogP contribution in [0.15, 0.2) is 89.1 Å². The Morgan fingerprint density at radius 3 is 2.38 bits per heavy atom. The van der Waals surface area contributed by atoms with Gasteiger partial charge in [-0.15, -0.1) is 10.2 Å². The number of benzene rings is 3. The van der Waals surface area contributed by atoms with Crippen molar-refractivity contribution in [1.29, 1.82) is 0 Å². The number of aromatic nitrogens is 5. The molecule has 0 atom stereocenters. The molecule has 5 rings (SSSR count). The van der Waals surface area contributed by atoms with Crippen molar-refractivity contribution in [2.45, 2.75) is 25.9 Å². The van der Waals surface area contributed by atoms with Crippen LogP contribution in [0.4, 0.5) is 0 Å². The zero-order valence-electron chi connectivity index (χ0n) is 22.7. The molecule has 1 N–H and O–H groups in total. The number of hydrazone groups is 1. The van der Waals surface area contributed by atoms with Crippen molar-refractivity contribution in [3.05, 3.63) is 101 Å². The Hall–Kier alpha value is -4.70. The number of thioether (sulfide) groups is 1. The predicted molar refractivity (Wildman–Crippen MR) is 158 cm³/mol. The number of methoxy groups -OCH3 is 1. The summed E-state index contributed by atoms with van der Waals surface area (Å²) in [7, 11) is 1.63. The first-order chi connectivity index (χ1) is 19.4. The van der Waals surface area contributed by atoms with Gasteiger partial charge < -0.3 is 4.74 Å². The van der Waals surface area contributed by atoms with E-state index in [-0.39, 0.29) is 11.7 Å². The monoisotopic (exact) mass is 551 g/mol. The highest BCUT2D eigenvalue weighted by Crippen LogP contribution is 2.29. The quantitative estimate of drug-likeness (QED) is 0.152. The molecule has 0 fully saturated rings. The zero-order valence-corrected chi connectivity index (χ0v) is 23.5. The first-order valence-electron chi connectivity index (χ1n) is 12.7. The number of carbonyl (C=O) groups is 1. The molecule has 0 saturated heterocycles. The van der Waals surface area contributed by atoms with Crippen LogP contribution >= 0.6 is 11.8 Å². The van der Waals surface area contributed by atoms with Crippen LogP contribution in [0.1, 0.15) is 22.5 Å². The zero-order chi connectivity index (χ0) is 28.1. The number of ether oxygens (including phenoxy) is 1. The van der Waals surface area contributed by atoms with Gasteiger partial charge in [0.25, 0.3) is 5.91 Å². The topological polar surface area (TPSA) is 99.2 Å². The lowest BCUT2D eigenvalue weighted by molar-refractivity contribution is -0.118. The summed E-state index contributed by atoms with van der Waals surface area (Å²) in [4.78, 5) is 12.7. The third kappa shape index (κ3) is 5.81. The van der Waals surface area contributed by atoms with Gasteiger partial charge >= 0.3 is 0 Å². The van der Waals surface area contributed by atoms with E-state index in [1.165, 1.54) is 11.8 Å². The minimum absolute atomic E-state index is 0.112. The second kappa shape index (κ2) is 12.0. The molecule has 9 nitrogen and oxygen atoms in total. The molecule has 202 valence electrons. The molecule has 1 amide bonds. The van der Waals surface area contributed by atoms with E-state index in [0.717, 1.165) is 45.2 Å². The van der Waals surface area contributed by atoms with Gasteiger partial charge in [-0.2, -0.15) is 10.2 Å². The summed E-state index contributed by atoms with van der Waals surface area (Å²) in [6, 6.07) is 25.6. The van der Waals surface area contributed by atoms with Crippen LogP contribution in [0, 0.1) is 20.8 Å². The van der Waals surface area contributed by atoms with Crippen LogP contribution in [-0.2, 0) is 4.79 Å². The smallest absolute Gasteiger partial charge is 0.250 e. The van der Waals surface area contributed by atoms with Crippen LogP contribution in [0.2, 0.25) is 0 Å². The van der Waals surface area contributed by atoms with E-state index in [0.29, 0.717) is 11.0 Å². The van der Waals surface area contributed by atoms with E-state index < -0.39 is 0 Å². The molecule has 5 aromatic rings. The van der Waals surface area contributed by atoms with Crippen molar-refractivity contribution in [3.8, 4) is 28.5 Å². The summed E-state index contributed by atoms with van der Waals surface area (Å²) < 4.78 is 9.12. The molecule has 3 aromatic carbocycles. The number of aryl methyl sites for hydroxylation is 2. The average molecular weight is 552 g/mol.